The van der Waals surface area contributed by atoms with Crippen LogP contribution in [0.15, 0.2) is 98.6 Å². The van der Waals surface area contributed by atoms with Crippen molar-refractivity contribution in [3.8, 4) is 0 Å². The van der Waals surface area contributed by atoms with Crippen LogP contribution in [0.4, 0.5) is 5.69 Å². The molecule has 0 bridgehead atoms. The fraction of sp³-hybridized carbons (Fsp3) is 0.214. The fourth-order valence-corrected chi connectivity index (χ4v) is 5.71. The van der Waals surface area contributed by atoms with Crippen LogP contribution >= 0.6 is 23.5 Å². The topological polar surface area (TPSA) is 41.9 Å². The summed E-state index contributed by atoms with van der Waals surface area (Å²) in [6, 6.07) is 26.6. The number of ether oxygens (including phenoxy) is 1. The molecule has 172 valence electrons. The smallest absolute Gasteiger partial charge is 0.266 e. The monoisotopic (exact) mass is 486 g/mol. The van der Waals surface area contributed by atoms with Gasteiger partial charge in [-0.2, -0.15) is 0 Å². The van der Waals surface area contributed by atoms with Gasteiger partial charge in [-0.1, -0.05) is 59.8 Å². The van der Waals surface area contributed by atoms with Crippen LogP contribution in [0.25, 0.3) is 6.08 Å². The Morgan fingerprint density at radius 3 is 2.41 bits per heavy atom. The molecule has 0 aromatic heterocycles. The highest BCUT2D eigenvalue weighted by molar-refractivity contribution is 8.18. The number of hydrogen-bond donors (Lipinski definition) is 0. The SMILES string of the molecule is Cc1ccc(Sc2ccc(/C=C3\SC(=Nc4ccccc4)N(C[C@@H]4CCCO4)C3=O)cc2)cc1. The van der Waals surface area contributed by atoms with Crippen molar-refractivity contribution >= 4 is 46.4 Å². The first kappa shape index (κ1) is 23.0. The molecule has 2 aliphatic heterocycles. The summed E-state index contributed by atoms with van der Waals surface area (Å²) >= 11 is 3.17. The Labute approximate surface area is 209 Å². The quantitative estimate of drug-likeness (QED) is 0.354. The summed E-state index contributed by atoms with van der Waals surface area (Å²) in [6.07, 6.45) is 4.05. The molecular weight excluding hydrogens is 460 g/mol. The average molecular weight is 487 g/mol. The zero-order chi connectivity index (χ0) is 23.3. The van der Waals surface area contributed by atoms with Crippen LogP contribution in [0.5, 0.6) is 0 Å². The summed E-state index contributed by atoms with van der Waals surface area (Å²) in [5, 5.41) is 0.712. The Balaban J connectivity index is 1.35. The first-order valence-electron chi connectivity index (χ1n) is 11.5. The van der Waals surface area contributed by atoms with Gasteiger partial charge in [0.15, 0.2) is 5.17 Å². The molecule has 0 radical (unpaired) electrons. The number of thioether (sulfide) groups is 1. The Bertz CT molecular complexity index is 1200. The average Bonchev–Trinajstić information content (AvgIpc) is 3.47. The number of amidine groups is 1. The number of aryl methyl sites for hydroxylation is 1. The van der Waals surface area contributed by atoms with E-state index in [1.54, 1.807) is 16.7 Å². The summed E-state index contributed by atoms with van der Waals surface area (Å²) in [5.74, 6) is -0.00621. The predicted molar refractivity (Wildman–Crippen MR) is 142 cm³/mol. The van der Waals surface area contributed by atoms with E-state index in [2.05, 4.69) is 55.5 Å². The van der Waals surface area contributed by atoms with E-state index in [4.69, 9.17) is 9.73 Å². The molecule has 6 heteroatoms. The Morgan fingerprint density at radius 2 is 1.74 bits per heavy atom. The molecule has 3 aromatic rings. The number of rotatable bonds is 6. The lowest BCUT2D eigenvalue weighted by atomic mass is 10.2. The highest BCUT2D eigenvalue weighted by Crippen LogP contribution is 2.35. The van der Waals surface area contributed by atoms with Crippen molar-refractivity contribution in [3.63, 3.8) is 0 Å². The lowest BCUT2D eigenvalue weighted by Gasteiger charge is -2.19. The van der Waals surface area contributed by atoms with E-state index in [0.29, 0.717) is 16.6 Å². The minimum atomic E-state index is -0.00621. The number of carbonyl (C=O) groups excluding carboxylic acids is 1. The first-order chi connectivity index (χ1) is 16.6. The van der Waals surface area contributed by atoms with Crippen molar-refractivity contribution in [1.29, 1.82) is 0 Å². The van der Waals surface area contributed by atoms with E-state index in [9.17, 15) is 4.79 Å². The van der Waals surface area contributed by atoms with Crippen molar-refractivity contribution in [3.05, 3.63) is 94.9 Å². The zero-order valence-corrected chi connectivity index (χ0v) is 20.6. The molecule has 0 N–H and O–H groups in total. The Kier molecular flexibility index (Phi) is 7.19. The molecular formula is C28H26N2O2S2. The molecule has 0 spiro atoms. The number of amides is 1. The van der Waals surface area contributed by atoms with Crippen LogP contribution in [-0.2, 0) is 9.53 Å². The number of nitrogens with zero attached hydrogens (tertiary/aromatic N) is 2. The largest absolute Gasteiger partial charge is 0.376 e. The molecule has 0 unspecified atom stereocenters. The number of hydrogen-bond acceptors (Lipinski definition) is 5. The lowest BCUT2D eigenvalue weighted by Crippen LogP contribution is -2.36. The van der Waals surface area contributed by atoms with Crippen molar-refractivity contribution < 1.29 is 9.53 Å². The van der Waals surface area contributed by atoms with E-state index in [0.717, 1.165) is 30.7 Å². The number of carbonyl (C=O) groups is 1. The van der Waals surface area contributed by atoms with Gasteiger partial charge in [-0.05, 0) is 79.6 Å². The third-order valence-corrected chi connectivity index (χ3v) is 7.74. The molecule has 0 aliphatic carbocycles. The van der Waals surface area contributed by atoms with Gasteiger partial charge in [-0.25, -0.2) is 4.99 Å². The maximum absolute atomic E-state index is 13.3. The first-order valence-corrected chi connectivity index (χ1v) is 13.1. The van der Waals surface area contributed by atoms with Gasteiger partial charge >= 0.3 is 0 Å². The fourth-order valence-electron chi connectivity index (χ4n) is 3.88. The van der Waals surface area contributed by atoms with Crippen LogP contribution < -0.4 is 0 Å². The minimum Gasteiger partial charge on any atom is -0.376 e. The van der Waals surface area contributed by atoms with Crippen LogP contribution in [-0.4, -0.2) is 35.2 Å². The van der Waals surface area contributed by atoms with Gasteiger partial charge in [-0.3, -0.25) is 9.69 Å². The van der Waals surface area contributed by atoms with Crippen molar-refractivity contribution in [2.45, 2.75) is 35.7 Å². The standard InChI is InChI=1S/C28H26N2O2S2/c1-20-9-13-24(14-10-20)33-25-15-11-21(12-16-25)18-26-27(31)30(19-23-8-5-17-32-23)28(34-26)29-22-6-3-2-4-7-22/h2-4,6-7,9-16,18,23H,5,8,17,19H2,1H3/b26-18-,29-28?/t23-/m0/s1. The van der Waals surface area contributed by atoms with E-state index >= 15 is 0 Å². The van der Waals surface area contributed by atoms with Gasteiger partial charge in [0.25, 0.3) is 5.91 Å². The summed E-state index contributed by atoms with van der Waals surface area (Å²) in [4.78, 5) is 23.0. The molecule has 2 fully saturated rings. The van der Waals surface area contributed by atoms with E-state index < -0.39 is 0 Å². The summed E-state index contributed by atoms with van der Waals surface area (Å²) in [7, 11) is 0. The molecule has 2 saturated heterocycles. The van der Waals surface area contributed by atoms with Crippen LogP contribution in [0.2, 0.25) is 0 Å². The molecule has 34 heavy (non-hydrogen) atoms. The molecule has 4 nitrogen and oxygen atoms in total. The van der Waals surface area contributed by atoms with Crippen molar-refractivity contribution in [2.24, 2.45) is 4.99 Å². The summed E-state index contributed by atoms with van der Waals surface area (Å²) < 4.78 is 5.80. The van der Waals surface area contributed by atoms with Crippen molar-refractivity contribution in [2.75, 3.05) is 13.2 Å². The van der Waals surface area contributed by atoms with Crippen LogP contribution in [0.1, 0.15) is 24.0 Å². The molecule has 2 heterocycles. The van der Waals surface area contributed by atoms with E-state index in [-0.39, 0.29) is 12.0 Å². The third kappa shape index (κ3) is 5.63. The number of aliphatic imine (C=N–C) groups is 1. The molecule has 1 atom stereocenters. The minimum absolute atomic E-state index is 0.00621. The maximum atomic E-state index is 13.3. The number of para-hydroxylation sites is 1. The van der Waals surface area contributed by atoms with E-state index in [1.807, 2.05) is 36.4 Å². The molecule has 1 amide bonds. The second-order valence-electron chi connectivity index (χ2n) is 8.38. The molecule has 2 aliphatic rings. The van der Waals surface area contributed by atoms with Crippen molar-refractivity contribution in [1.82, 2.24) is 4.90 Å². The Morgan fingerprint density at radius 1 is 1.03 bits per heavy atom. The van der Waals surface area contributed by atoms with Crippen LogP contribution in [0.3, 0.4) is 0 Å². The van der Waals surface area contributed by atoms with Gasteiger partial charge in [-0.15, -0.1) is 0 Å². The van der Waals surface area contributed by atoms with Gasteiger partial charge in [0.2, 0.25) is 0 Å². The summed E-state index contributed by atoms with van der Waals surface area (Å²) in [6.45, 7) is 3.40. The number of benzene rings is 3. The maximum Gasteiger partial charge on any atom is 0.266 e. The predicted octanol–water partition coefficient (Wildman–Crippen LogP) is 6.93. The second kappa shape index (κ2) is 10.6. The highest BCUT2D eigenvalue weighted by Gasteiger charge is 2.35. The highest BCUT2D eigenvalue weighted by atomic mass is 32.2. The second-order valence-corrected chi connectivity index (χ2v) is 10.5. The van der Waals surface area contributed by atoms with E-state index in [1.165, 1.54) is 27.1 Å². The molecule has 0 saturated carbocycles. The Hall–Kier alpha value is -2.80. The van der Waals surface area contributed by atoms with Gasteiger partial charge in [0, 0.05) is 16.4 Å². The lowest BCUT2D eigenvalue weighted by molar-refractivity contribution is -0.123. The molecule has 5 rings (SSSR count). The summed E-state index contributed by atoms with van der Waals surface area (Å²) in [5.41, 5.74) is 3.10. The van der Waals surface area contributed by atoms with Gasteiger partial charge < -0.3 is 4.74 Å². The normalized spacial score (nSPS) is 20.6. The van der Waals surface area contributed by atoms with Gasteiger partial charge in [0.05, 0.1) is 23.2 Å². The van der Waals surface area contributed by atoms with Crippen LogP contribution in [0, 0.1) is 6.92 Å². The third-order valence-electron chi connectivity index (χ3n) is 5.71. The van der Waals surface area contributed by atoms with Gasteiger partial charge in [0.1, 0.15) is 0 Å². The molecule has 3 aromatic carbocycles. The zero-order valence-electron chi connectivity index (χ0n) is 19.0.